The lowest BCUT2D eigenvalue weighted by atomic mass is 10.2. The summed E-state index contributed by atoms with van der Waals surface area (Å²) >= 11 is 0. The van der Waals surface area contributed by atoms with E-state index in [0.29, 0.717) is 0 Å². The second kappa shape index (κ2) is 3.28. The van der Waals surface area contributed by atoms with E-state index in [4.69, 9.17) is 15.3 Å². The molecule has 0 bridgehead atoms. The molecule has 70 valence electrons. The van der Waals surface area contributed by atoms with Gasteiger partial charge in [0.05, 0.1) is 0 Å². The molecule has 0 saturated carbocycles. The Morgan fingerprint density at radius 1 is 1.31 bits per heavy atom. The molecule has 1 rings (SSSR count). The summed E-state index contributed by atoms with van der Waals surface area (Å²) in [6, 6.07) is 0.978. The first-order chi connectivity index (χ1) is 6.06. The fourth-order valence-corrected chi connectivity index (χ4v) is 0.838. The zero-order chi connectivity index (χ0) is 10.0. The Morgan fingerprint density at radius 2 is 1.92 bits per heavy atom. The topological polar surface area (TPSA) is 108 Å². The summed E-state index contributed by atoms with van der Waals surface area (Å²) in [7, 11) is 0. The third kappa shape index (κ3) is 1.67. The van der Waals surface area contributed by atoms with Gasteiger partial charge in [-0.2, -0.15) is 0 Å². The summed E-state index contributed by atoms with van der Waals surface area (Å²) in [6.07, 6.45) is 0. The smallest absolute Gasteiger partial charge is 0.372 e. The summed E-state index contributed by atoms with van der Waals surface area (Å²) in [4.78, 5) is 20.9. The van der Waals surface area contributed by atoms with Crippen LogP contribution in [0.1, 0.15) is 26.7 Å². The van der Waals surface area contributed by atoms with E-state index in [2.05, 4.69) is 4.42 Å². The molecule has 13 heavy (non-hydrogen) atoms. The van der Waals surface area contributed by atoms with E-state index in [-0.39, 0.29) is 5.76 Å². The van der Waals surface area contributed by atoms with Gasteiger partial charge in [0.25, 0.3) is 0 Å². The Balaban J connectivity index is 3.23. The van der Waals surface area contributed by atoms with Crippen LogP contribution in [0.3, 0.4) is 0 Å². The zero-order valence-electron chi connectivity index (χ0n) is 6.35. The lowest BCUT2D eigenvalue weighted by molar-refractivity contribution is 0.0622. The van der Waals surface area contributed by atoms with E-state index < -0.39 is 29.9 Å². The van der Waals surface area contributed by atoms with Crippen LogP contribution >= 0.6 is 0 Å². The maximum atomic E-state index is 10.5. The van der Waals surface area contributed by atoms with Crippen molar-refractivity contribution in [2.24, 2.45) is 0 Å². The summed E-state index contributed by atoms with van der Waals surface area (Å²) in [6.45, 7) is -0.534. The third-order valence-corrected chi connectivity index (χ3v) is 1.36. The molecule has 0 amide bonds. The van der Waals surface area contributed by atoms with Crippen LogP contribution < -0.4 is 0 Å². The summed E-state index contributed by atoms with van der Waals surface area (Å²) in [5.41, 5.74) is -0.462. The summed E-state index contributed by atoms with van der Waals surface area (Å²) in [5, 5.41) is 25.6. The minimum absolute atomic E-state index is 0.0881. The van der Waals surface area contributed by atoms with Crippen molar-refractivity contribution in [2.75, 3.05) is 0 Å². The number of aliphatic hydroxyl groups excluding tert-OH is 1. The monoisotopic (exact) mass is 186 g/mol. The SMILES string of the molecule is O=C(O)c1cc(CO)oc1C(=O)O. The average molecular weight is 186 g/mol. The van der Waals surface area contributed by atoms with Crippen LogP contribution in [0.5, 0.6) is 0 Å². The maximum Gasteiger partial charge on any atom is 0.372 e. The molecule has 0 aliphatic heterocycles. The lowest BCUT2D eigenvalue weighted by Crippen LogP contribution is -2.03. The van der Waals surface area contributed by atoms with Gasteiger partial charge in [-0.1, -0.05) is 0 Å². The minimum Gasteiger partial charge on any atom is -0.478 e. The quantitative estimate of drug-likeness (QED) is 0.620. The van der Waals surface area contributed by atoms with Crippen molar-refractivity contribution < 1.29 is 29.3 Å². The van der Waals surface area contributed by atoms with Crippen molar-refractivity contribution in [3.8, 4) is 0 Å². The van der Waals surface area contributed by atoms with Gasteiger partial charge >= 0.3 is 11.9 Å². The molecule has 6 heteroatoms. The second-order valence-corrected chi connectivity index (χ2v) is 2.22. The van der Waals surface area contributed by atoms with E-state index in [1.165, 1.54) is 0 Å². The van der Waals surface area contributed by atoms with Crippen molar-refractivity contribution in [1.29, 1.82) is 0 Å². The van der Waals surface area contributed by atoms with Crippen LogP contribution in [0.4, 0.5) is 0 Å². The first kappa shape index (κ1) is 9.27. The molecule has 0 aliphatic carbocycles. The Kier molecular flexibility index (Phi) is 2.34. The van der Waals surface area contributed by atoms with Crippen LogP contribution in [0.25, 0.3) is 0 Å². The predicted octanol–water partition coefficient (Wildman–Crippen LogP) is 0.168. The number of carbonyl (C=O) groups is 2. The number of hydrogen-bond acceptors (Lipinski definition) is 4. The summed E-state index contributed by atoms with van der Waals surface area (Å²) in [5.74, 6) is -3.63. The van der Waals surface area contributed by atoms with Crippen molar-refractivity contribution in [3.63, 3.8) is 0 Å². The molecular weight excluding hydrogens is 180 g/mol. The number of furan rings is 1. The van der Waals surface area contributed by atoms with Crippen LogP contribution in [-0.4, -0.2) is 27.3 Å². The number of hydrogen-bond donors (Lipinski definition) is 3. The fourth-order valence-electron chi connectivity index (χ4n) is 0.838. The molecule has 1 heterocycles. The molecular formula is C7H6O6. The van der Waals surface area contributed by atoms with Gasteiger partial charge in [0, 0.05) is 0 Å². The van der Waals surface area contributed by atoms with Crippen LogP contribution in [0, 0.1) is 0 Å². The van der Waals surface area contributed by atoms with Crippen molar-refractivity contribution in [2.45, 2.75) is 6.61 Å². The molecule has 0 saturated heterocycles. The third-order valence-electron chi connectivity index (χ3n) is 1.36. The summed E-state index contributed by atoms with van der Waals surface area (Å²) < 4.78 is 4.56. The Morgan fingerprint density at radius 3 is 2.23 bits per heavy atom. The maximum absolute atomic E-state index is 10.5. The normalized spacial score (nSPS) is 9.92. The molecule has 0 radical (unpaired) electrons. The van der Waals surface area contributed by atoms with Crippen LogP contribution in [0.15, 0.2) is 10.5 Å². The minimum atomic E-state index is -1.47. The second-order valence-electron chi connectivity index (χ2n) is 2.22. The molecule has 1 aromatic rings. The van der Waals surface area contributed by atoms with E-state index >= 15 is 0 Å². The van der Waals surface area contributed by atoms with Gasteiger partial charge in [-0.05, 0) is 6.07 Å². The Bertz CT molecular complexity index is 318. The number of carboxylic acids is 2. The first-order valence-corrected chi connectivity index (χ1v) is 3.26. The fraction of sp³-hybridized carbons (Fsp3) is 0.143. The van der Waals surface area contributed by atoms with E-state index in [1.807, 2.05) is 0 Å². The molecule has 1 aromatic heterocycles. The number of rotatable bonds is 3. The highest BCUT2D eigenvalue weighted by molar-refractivity contribution is 5.99. The molecule has 6 nitrogen and oxygen atoms in total. The van der Waals surface area contributed by atoms with Gasteiger partial charge in [-0.3, -0.25) is 0 Å². The largest absolute Gasteiger partial charge is 0.478 e. The Labute approximate surface area is 72.0 Å². The van der Waals surface area contributed by atoms with E-state index in [9.17, 15) is 9.59 Å². The van der Waals surface area contributed by atoms with Crippen LogP contribution in [0.2, 0.25) is 0 Å². The number of aliphatic hydroxyl groups is 1. The zero-order valence-corrected chi connectivity index (χ0v) is 6.35. The first-order valence-electron chi connectivity index (χ1n) is 3.26. The molecule has 0 aliphatic rings. The molecule has 0 atom stereocenters. The molecule has 0 aromatic carbocycles. The van der Waals surface area contributed by atoms with Gasteiger partial charge in [0.1, 0.15) is 17.9 Å². The van der Waals surface area contributed by atoms with Gasteiger partial charge in [-0.25, -0.2) is 9.59 Å². The Hall–Kier alpha value is -1.82. The molecule has 0 unspecified atom stereocenters. The standard InChI is InChI=1S/C7H6O6/c8-2-3-1-4(6(9)10)5(13-3)7(11)12/h1,8H,2H2,(H,9,10)(H,11,12). The molecule has 0 fully saturated rings. The van der Waals surface area contributed by atoms with Crippen molar-refractivity contribution >= 4 is 11.9 Å². The van der Waals surface area contributed by atoms with E-state index in [1.54, 1.807) is 0 Å². The molecule has 0 spiro atoms. The van der Waals surface area contributed by atoms with Gasteiger partial charge < -0.3 is 19.7 Å². The highest BCUT2D eigenvalue weighted by Crippen LogP contribution is 2.15. The highest BCUT2D eigenvalue weighted by Gasteiger charge is 2.21. The van der Waals surface area contributed by atoms with Crippen molar-refractivity contribution in [1.82, 2.24) is 0 Å². The molecule has 3 N–H and O–H groups in total. The number of aromatic carboxylic acids is 2. The van der Waals surface area contributed by atoms with E-state index in [0.717, 1.165) is 6.07 Å². The van der Waals surface area contributed by atoms with Gasteiger partial charge in [0.2, 0.25) is 5.76 Å². The van der Waals surface area contributed by atoms with Gasteiger partial charge in [0.15, 0.2) is 0 Å². The average Bonchev–Trinajstić information content (AvgIpc) is 2.47. The number of carboxylic acid groups (broad SMARTS) is 2. The van der Waals surface area contributed by atoms with Crippen LogP contribution in [-0.2, 0) is 6.61 Å². The lowest BCUT2D eigenvalue weighted by Gasteiger charge is -1.89. The predicted molar refractivity (Wildman–Crippen MR) is 38.5 cm³/mol. The van der Waals surface area contributed by atoms with Gasteiger partial charge in [-0.15, -0.1) is 0 Å². The van der Waals surface area contributed by atoms with Crippen molar-refractivity contribution in [3.05, 3.63) is 23.2 Å². The highest BCUT2D eigenvalue weighted by atomic mass is 16.4.